The van der Waals surface area contributed by atoms with Crippen LogP contribution in [-0.2, 0) is 0 Å². The molecule has 0 fully saturated rings. The van der Waals surface area contributed by atoms with Crippen molar-refractivity contribution in [2.24, 2.45) is 0 Å². The molecule has 2 heterocycles. The van der Waals surface area contributed by atoms with E-state index in [4.69, 9.17) is 13.7 Å². The van der Waals surface area contributed by atoms with Crippen LogP contribution in [0.1, 0.15) is 28.1 Å². The Morgan fingerprint density at radius 2 is 1.96 bits per heavy atom. The van der Waals surface area contributed by atoms with Gasteiger partial charge in [-0.2, -0.15) is 0 Å². The third kappa shape index (κ3) is 4.38. The number of aryl methyl sites for hydroxylation is 1. The van der Waals surface area contributed by atoms with Gasteiger partial charge in [0.1, 0.15) is 17.3 Å². The van der Waals surface area contributed by atoms with Gasteiger partial charge in [-0.1, -0.05) is 5.16 Å². The Bertz CT molecular complexity index is 896. The quantitative estimate of drug-likeness (QED) is 0.688. The number of rotatable bonds is 7. The van der Waals surface area contributed by atoms with E-state index >= 15 is 0 Å². The Morgan fingerprint density at radius 1 is 1.22 bits per heavy atom. The first-order chi connectivity index (χ1) is 13.0. The van der Waals surface area contributed by atoms with Crippen LogP contribution in [0.4, 0.5) is 0 Å². The monoisotopic (exact) mass is 369 g/mol. The van der Waals surface area contributed by atoms with Gasteiger partial charge >= 0.3 is 0 Å². The van der Waals surface area contributed by atoms with E-state index in [0.29, 0.717) is 12.3 Å². The van der Waals surface area contributed by atoms with Crippen LogP contribution < -0.4 is 10.1 Å². The van der Waals surface area contributed by atoms with Crippen molar-refractivity contribution in [2.45, 2.75) is 13.0 Å². The summed E-state index contributed by atoms with van der Waals surface area (Å²) in [5, 5.41) is 6.77. The maximum absolute atomic E-state index is 12.5. The number of benzene rings is 1. The normalized spacial score (nSPS) is 12.2. The standard InChI is InChI=1S/C20H23N3O4/c1-13-5-10-18(26-13)17(23(2)3)12-21-20(24)16-11-19(27-22-16)14-6-8-15(25-4)9-7-14/h5-11,17H,12H2,1-4H3,(H,21,24). The van der Waals surface area contributed by atoms with Crippen LogP contribution >= 0.6 is 0 Å². The highest BCUT2D eigenvalue weighted by molar-refractivity contribution is 5.93. The van der Waals surface area contributed by atoms with Crippen molar-refractivity contribution in [3.63, 3.8) is 0 Å². The second-order valence-corrected chi connectivity index (χ2v) is 6.44. The number of hydrogen-bond acceptors (Lipinski definition) is 6. The van der Waals surface area contributed by atoms with Crippen LogP contribution in [0.5, 0.6) is 5.75 Å². The molecule has 0 radical (unpaired) electrons. The van der Waals surface area contributed by atoms with Crippen molar-refractivity contribution in [2.75, 3.05) is 27.7 Å². The fourth-order valence-corrected chi connectivity index (χ4v) is 2.72. The number of ether oxygens (including phenoxy) is 1. The van der Waals surface area contributed by atoms with Gasteiger partial charge in [0.2, 0.25) is 0 Å². The molecule has 1 N–H and O–H groups in total. The molecule has 0 saturated heterocycles. The van der Waals surface area contributed by atoms with Crippen LogP contribution in [0.2, 0.25) is 0 Å². The van der Waals surface area contributed by atoms with Crippen molar-refractivity contribution in [3.05, 3.63) is 59.7 Å². The highest BCUT2D eigenvalue weighted by atomic mass is 16.5. The fourth-order valence-electron chi connectivity index (χ4n) is 2.72. The lowest BCUT2D eigenvalue weighted by Crippen LogP contribution is -2.34. The molecule has 2 aromatic heterocycles. The first-order valence-corrected chi connectivity index (χ1v) is 8.60. The van der Waals surface area contributed by atoms with Gasteiger partial charge in [-0.15, -0.1) is 0 Å². The predicted octanol–water partition coefficient (Wildman–Crippen LogP) is 3.28. The predicted molar refractivity (Wildman–Crippen MR) is 101 cm³/mol. The lowest BCUT2D eigenvalue weighted by molar-refractivity contribution is 0.0930. The Morgan fingerprint density at radius 3 is 2.56 bits per heavy atom. The number of methoxy groups -OCH3 is 1. The van der Waals surface area contributed by atoms with Crippen molar-refractivity contribution in [1.29, 1.82) is 0 Å². The summed E-state index contributed by atoms with van der Waals surface area (Å²) < 4.78 is 16.1. The number of aromatic nitrogens is 1. The lowest BCUT2D eigenvalue weighted by Gasteiger charge is -2.22. The molecule has 0 saturated carbocycles. The average Bonchev–Trinajstić information content (AvgIpc) is 3.31. The molecule has 142 valence electrons. The number of nitrogens with one attached hydrogen (secondary N) is 1. The van der Waals surface area contributed by atoms with Gasteiger partial charge in [-0.05, 0) is 57.4 Å². The molecule has 27 heavy (non-hydrogen) atoms. The first-order valence-electron chi connectivity index (χ1n) is 8.60. The molecule has 1 amide bonds. The molecule has 1 unspecified atom stereocenters. The van der Waals surface area contributed by atoms with E-state index in [-0.39, 0.29) is 17.6 Å². The van der Waals surface area contributed by atoms with E-state index in [1.165, 1.54) is 0 Å². The largest absolute Gasteiger partial charge is 0.497 e. The summed E-state index contributed by atoms with van der Waals surface area (Å²) in [4.78, 5) is 14.4. The van der Waals surface area contributed by atoms with E-state index in [9.17, 15) is 4.79 Å². The highest BCUT2D eigenvalue weighted by Gasteiger charge is 2.20. The molecule has 7 nitrogen and oxygen atoms in total. The molecule has 3 aromatic rings. The van der Waals surface area contributed by atoms with Crippen molar-refractivity contribution < 1.29 is 18.5 Å². The van der Waals surface area contributed by atoms with E-state index in [2.05, 4.69) is 10.5 Å². The molecule has 0 aliphatic rings. The smallest absolute Gasteiger partial charge is 0.273 e. The maximum Gasteiger partial charge on any atom is 0.273 e. The number of furan rings is 1. The van der Waals surface area contributed by atoms with Crippen molar-refractivity contribution in [3.8, 4) is 17.1 Å². The molecular weight excluding hydrogens is 346 g/mol. The molecule has 0 bridgehead atoms. The number of carbonyl (C=O) groups is 1. The molecule has 3 rings (SSSR count). The molecule has 0 aliphatic carbocycles. The summed E-state index contributed by atoms with van der Waals surface area (Å²) in [6.07, 6.45) is 0. The number of nitrogens with zero attached hydrogens (tertiary/aromatic N) is 2. The van der Waals surface area contributed by atoms with E-state index in [0.717, 1.165) is 22.8 Å². The summed E-state index contributed by atoms with van der Waals surface area (Å²) in [5.41, 5.74) is 1.05. The van der Waals surface area contributed by atoms with Crippen LogP contribution in [0, 0.1) is 6.92 Å². The third-order valence-corrected chi connectivity index (χ3v) is 4.29. The Kier molecular flexibility index (Phi) is 5.61. The zero-order chi connectivity index (χ0) is 19.4. The van der Waals surface area contributed by atoms with Gasteiger partial charge in [0.15, 0.2) is 11.5 Å². The molecular formula is C20H23N3O4. The summed E-state index contributed by atoms with van der Waals surface area (Å²) in [6.45, 7) is 2.29. The second-order valence-electron chi connectivity index (χ2n) is 6.44. The minimum Gasteiger partial charge on any atom is -0.497 e. The number of amides is 1. The highest BCUT2D eigenvalue weighted by Crippen LogP contribution is 2.23. The molecule has 1 atom stereocenters. The van der Waals surface area contributed by atoms with Crippen LogP contribution in [0.3, 0.4) is 0 Å². The van der Waals surface area contributed by atoms with Gasteiger partial charge in [0.25, 0.3) is 5.91 Å². The topological polar surface area (TPSA) is 80.7 Å². The van der Waals surface area contributed by atoms with E-state index < -0.39 is 0 Å². The molecule has 0 spiro atoms. The zero-order valence-electron chi connectivity index (χ0n) is 15.9. The SMILES string of the molecule is COc1ccc(-c2cc(C(=O)NCC(c3ccc(C)o3)N(C)C)no2)cc1. The van der Waals surface area contributed by atoms with Crippen LogP contribution in [0.15, 0.2) is 51.4 Å². The van der Waals surface area contributed by atoms with Crippen LogP contribution in [0.25, 0.3) is 11.3 Å². The number of likely N-dealkylation sites (N-methyl/N-ethyl adjacent to an activating group) is 1. The fraction of sp³-hybridized carbons (Fsp3) is 0.300. The van der Waals surface area contributed by atoms with Crippen molar-refractivity contribution in [1.82, 2.24) is 15.4 Å². The molecule has 1 aromatic carbocycles. The zero-order valence-corrected chi connectivity index (χ0v) is 15.9. The summed E-state index contributed by atoms with van der Waals surface area (Å²) in [5.74, 6) is 2.61. The summed E-state index contributed by atoms with van der Waals surface area (Å²) in [7, 11) is 5.48. The minimum absolute atomic E-state index is 0.0735. The third-order valence-electron chi connectivity index (χ3n) is 4.29. The first kappa shape index (κ1) is 18.7. The summed E-state index contributed by atoms with van der Waals surface area (Å²) in [6, 6.07) is 12.7. The lowest BCUT2D eigenvalue weighted by atomic mass is 10.1. The minimum atomic E-state index is -0.298. The van der Waals surface area contributed by atoms with Gasteiger partial charge < -0.3 is 19.0 Å². The van der Waals surface area contributed by atoms with E-state index in [1.807, 2.05) is 62.3 Å². The van der Waals surface area contributed by atoms with E-state index in [1.54, 1.807) is 13.2 Å². The van der Waals surface area contributed by atoms with Gasteiger partial charge in [-0.25, -0.2) is 0 Å². The number of carbonyl (C=O) groups excluding carboxylic acids is 1. The Hall–Kier alpha value is -3.06. The average molecular weight is 369 g/mol. The number of hydrogen-bond donors (Lipinski definition) is 1. The maximum atomic E-state index is 12.5. The molecule has 7 heteroatoms. The molecule has 0 aliphatic heterocycles. The van der Waals surface area contributed by atoms with Crippen LogP contribution in [-0.4, -0.2) is 43.7 Å². The van der Waals surface area contributed by atoms with Gasteiger partial charge in [0.05, 0.1) is 13.2 Å². The van der Waals surface area contributed by atoms with Crippen molar-refractivity contribution >= 4 is 5.91 Å². The van der Waals surface area contributed by atoms with Gasteiger partial charge in [-0.3, -0.25) is 9.69 Å². The Labute approximate surface area is 157 Å². The second kappa shape index (κ2) is 8.09. The Balaban J connectivity index is 1.66. The summed E-state index contributed by atoms with van der Waals surface area (Å²) >= 11 is 0. The van der Waals surface area contributed by atoms with Gasteiger partial charge in [0, 0.05) is 18.2 Å².